The average Bonchev–Trinajstić information content (AvgIpc) is 3.01. The van der Waals surface area contributed by atoms with Crippen molar-refractivity contribution < 1.29 is 28.2 Å². The molecule has 0 bridgehead atoms. The van der Waals surface area contributed by atoms with Crippen LogP contribution < -0.4 is 5.56 Å². The van der Waals surface area contributed by atoms with Crippen LogP contribution in [0.5, 0.6) is 0 Å². The Bertz CT molecular complexity index is 824. The van der Waals surface area contributed by atoms with E-state index in [0.717, 1.165) is 11.0 Å². The minimum atomic E-state index is -4.10. The molecule has 1 unspecified atom stereocenters. The summed E-state index contributed by atoms with van der Waals surface area (Å²) in [5.74, 6) is 0. The molecule has 0 aliphatic carbocycles. The average molecular weight is 367 g/mol. The molecule has 0 radical (unpaired) electrons. The molecular formula is C9H11FN5O6PS. The van der Waals surface area contributed by atoms with Gasteiger partial charge >= 0.3 is 6.80 Å². The van der Waals surface area contributed by atoms with Gasteiger partial charge in [-0.1, -0.05) is 17.5 Å². The third-order valence-corrected chi connectivity index (χ3v) is 4.04. The molecule has 0 amide bonds. The molecule has 3 N–H and O–H groups in total. The SMILES string of the molecule is O=c1[nH]cnc2c1nnn2[C@@H]1O[C@H](COP(=O)(O)S)[C@@H](O)[C@@H]1F. The van der Waals surface area contributed by atoms with Gasteiger partial charge in [0.15, 0.2) is 23.6 Å². The molecule has 1 aliphatic heterocycles. The second-order valence-electron chi connectivity index (χ2n) is 4.72. The summed E-state index contributed by atoms with van der Waals surface area (Å²) >= 11 is 3.30. The number of aliphatic hydroxyl groups excluding tert-OH is 1. The lowest BCUT2D eigenvalue weighted by molar-refractivity contribution is -0.0473. The van der Waals surface area contributed by atoms with E-state index in [1.54, 1.807) is 0 Å². The van der Waals surface area contributed by atoms with Crippen LogP contribution in [-0.2, 0) is 13.8 Å². The highest BCUT2D eigenvalue weighted by atomic mass is 32.7. The van der Waals surface area contributed by atoms with E-state index in [1.807, 2.05) is 0 Å². The first-order chi connectivity index (χ1) is 10.8. The van der Waals surface area contributed by atoms with Crippen molar-refractivity contribution in [1.82, 2.24) is 25.0 Å². The molecule has 0 saturated carbocycles. The molecule has 5 atom stereocenters. The van der Waals surface area contributed by atoms with Crippen LogP contribution >= 0.6 is 19.0 Å². The number of hydrogen-bond acceptors (Lipinski definition) is 8. The van der Waals surface area contributed by atoms with Gasteiger partial charge in [-0.25, -0.2) is 13.9 Å². The van der Waals surface area contributed by atoms with E-state index >= 15 is 0 Å². The molecule has 0 aromatic carbocycles. The number of halogens is 1. The van der Waals surface area contributed by atoms with E-state index in [9.17, 15) is 18.9 Å². The van der Waals surface area contributed by atoms with Crippen LogP contribution in [0, 0.1) is 0 Å². The lowest BCUT2D eigenvalue weighted by Gasteiger charge is -2.15. The first kappa shape index (κ1) is 16.5. The molecule has 2 aromatic heterocycles. The number of aromatic amines is 1. The van der Waals surface area contributed by atoms with Crippen molar-refractivity contribution >= 4 is 30.2 Å². The van der Waals surface area contributed by atoms with Gasteiger partial charge in [-0.3, -0.25) is 9.32 Å². The monoisotopic (exact) mass is 367 g/mol. The van der Waals surface area contributed by atoms with Crippen molar-refractivity contribution in [2.45, 2.75) is 24.6 Å². The normalized spacial score (nSPS) is 30.6. The molecule has 2 aromatic rings. The van der Waals surface area contributed by atoms with E-state index in [-0.39, 0.29) is 11.2 Å². The van der Waals surface area contributed by atoms with E-state index in [0.29, 0.717) is 0 Å². The van der Waals surface area contributed by atoms with Gasteiger partial charge in [0.05, 0.1) is 12.9 Å². The minimum absolute atomic E-state index is 0.0304. The van der Waals surface area contributed by atoms with Gasteiger partial charge in [-0.2, -0.15) is 4.68 Å². The molecule has 1 saturated heterocycles. The maximum absolute atomic E-state index is 14.3. The Labute approximate surface area is 132 Å². The van der Waals surface area contributed by atoms with Crippen molar-refractivity contribution in [3.05, 3.63) is 16.7 Å². The minimum Gasteiger partial charge on any atom is -0.387 e. The van der Waals surface area contributed by atoms with Crippen molar-refractivity contribution in [1.29, 1.82) is 0 Å². The number of fused-ring (bicyclic) bond motifs is 1. The summed E-state index contributed by atoms with van der Waals surface area (Å²) in [6.07, 6.45) is -5.14. The Morgan fingerprint density at radius 2 is 2.35 bits per heavy atom. The topological polar surface area (TPSA) is 152 Å². The quantitative estimate of drug-likeness (QED) is 0.400. The summed E-state index contributed by atoms with van der Waals surface area (Å²) in [5.41, 5.74) is -0.712. The lowest BCUT2D eigenvalue weighted by atomic mass is 10.1. The summed E-state index contributed by atoms with van der Waals surface area (Å²) in [6, 6.07) is 0. The van der Waals surface area contributed by atoms with Crippen molar-refractivity contribution in [3.8, 4) is 0 Å². The molecule has 1 fully saturated rings. The summed E-state index contributed by atoms with van der Waals surface area (Å²) in [7, 11) is 0. The zero-order chi connectivity index (χ0) is 16.8. The number of H-pyrrole nitrogens is 1. The first-order valence-electron chi connectivity index (χ1n) is 6.24. The fraction of sp³-hybridized carbons (Fsp3) is 0.556. The molecule has 1 aliphatic rings. The Morgan fingerprint density at radius 1 is 1.61 bits per heavy atom. The molecule has 3 rings (SSSR count). The molecule has 14 heteroatoms. The van der Waals surface area contributed by atoms with Crippen LogP contribution in [0.2, 0.25) is 0 Å². The van der Waals surface area contributed by atoms with Gasteiger partial charge in [-0.15, -0.1) is 5.10 Å². The largest absolute Gasteiger partial charge is 0.387 e. The standard InChI is InChI=1S/C9H11FN5O6PS/c10-4-6(16)3(1-20-22(18,19)23)21-9(4)15-7-5(13-14-15)8(17)12-2-11-7/h2-4,6,9,16H,1H2,(H,11,12,17)(H2,18,19,23)/t3-,4+,6-,9-/m1/s1. The van der Waals surface area contributed by atoms with E-state index in [1.165, 1.54) is 0 Å². The van der Waals surface area contributed by atoms with Gasteiger partial charge in [0, 0.05) is 0 Å². The molecular weight excluding hydrogens is 356 g/mol. The number of rotatable bonds is 4. The highest BCUT2D eigenvalue weighted by Crippen LogP contribution is 2.47. The van der Waals surface area contributed by atoms with Gasteiger partial charge in [-0.05, 0) is 0 Å². The number of thiol groups is 1. The summed E-state index contributed by atoms with van der Waals surface area (Å²) in [4.78, 5) is 26.6. The highest BCUT2D eigenvalue weighted by Gasteiger charge is 2.47. The smallest absolute Gasteiger partial charge is 0.383 e. The van der Waals surface area contributed by atoms with Crippen LogP contribution in [0.4, 0.5) is 4.39 Å². The zero-order valence-electron chi connectivity index (χ0n) is 11.2. The molecule has 0 spiro atoms. The number of ether oxygens (including phenoxy) is 1. The maximum Gasteiger partial charge on any atom is 0.383 e. The predicted octanol–water partition coefficient (Wildman–Crippen LogP) is -0.842. The fourth-order valence-electron chi connectivity index (χ4n) is 2.16. The second kappa shape index (κ2) is 5.92. The summed E-state index contributed by atoms with van der Waals surface area (Å²) in [5, 5.41) is 17.0. The summed E-state index contributed by atoms with van der Waals surface area (Å²) in [6.45, 7) is -4.66. The number of nitrogens with one attached hydrogen (secondary N) is 1. The first-order valence-corrected chi connectivity index (χ1v) is 8.97. The molecule has 3 heterocycles. The van der Waals surface area contributed by atoms with Crippen LogP contribution in [0.1, 0.15) is 6.23 Å². The number of hydrogen-bond donors (Lipinski definition) is 4. The lowest BCUT2D eigenvalue weighted by Crippen LogP contribution is -2.31. The second-order valence-corrected chi connectivity index (χ2v) is 7.48. The molecule has 11 nitrogen and oxygen atoms in total. The number of aromatic nitrogens is 5. The summed E-state index contributed by atoms with van der Waals surface area (Å²) < 4.78 is 35.9. The van der Waals surface area contributed by atoms with E-state index < -0.39 is 43.6 Å². The van der Waals surface area contributed by atoms with Gasteiger partial charge in [0.25, 0.3) is 5.56 Å². The zero-order valence-corrected chi connectivity index (χ0v) is 13.0. The van der Waals surface area contributed by atoms with Crippen molar-refractivity contribution in [3.63, 3.8) is 0 Å². The van der Waals surface area contributed by atoms with Crippen LogP contribution in [0.15, 0.2) is 11.1 Å². The predicted molar refractivity (Wildman–Crippen MR) is 75.5 cm³/mol. The fourth-order valence-corrected chi connectivity index (χ4v) is 2.70. The van der Waals surface area contributed by atoms with Crippen molar-refractivity contribution in [2.75, 3.05) is 6.61 Å². The van der Waals surface area contributed by atoms with Crippen LogP contribution in [-0.4, -0.2) is 59.9 Å². The van der Waals surface area contributed by atoms with E-state index in [2.05, 4.69) is 37.1 Å². The van der Waals surface area contributed by atoms with E-state index in [4.69, 9.17) is 9.63 Å². The maximum atomic E-state index is 14.3. The Balaban J connectivity index is 1.87. The van der Waals surface area contributed by atoms with Gasteiger partial charge in [0.1, 0.15) is 12.2 Å². The van der Waals surface area contributed by atoms with Gasteiger partial charge < -0.3 is 19.7 Å². The molecule has 23 heavy (non-hydrogen) atoms. The van der Waals surface area contributed by atoms with Crippen molar-refractivity contribution in [2.24, 2.45) is 0 Å². The van der Waals surface area contributed by atoms with Crippen LogP contribution in [0.3, 0.4) is 0 Å². The highest BCUT2D eigenvalue weighted by molar-refractivity contribution is 8.44. The Morgan fingerprint density at radius 3 is 3.04 bits per heavy atom. The molecule has 126 valence electrons. The number of alkyl halides is 1. The number of nitrogens with zero attached hydrogens (tertiary/aromatic N) is 4. The van der Waals surface area contributed by atoms with Gasteiger partial charge in [0.2, 0.25) is 0 Å². The third-order valence-electron chi connectivity index (χ3n) is 3.21. The van der Waals surface area contributed by atoms with Crippen LogP contribution in [0.25, 0.3) is 11.2 Å². The Hall–Kier alpha value is -1.37. The Kier molecular flexibility index (Phi) is 4.25. The number of aliphatic hydroxyl groups is 1. The third kappa shape index (κ3) is 3.16.